The van der Waals surface area contributed by atoms with E-state index in [1.165, 1.54) is 7.11 Å². The lowest BCUT2D eigenvalue weighted by atomic mass is 10.0. The number of ether oxygens (including phenoxy) is 1. The highest BCUT2D eigenvalue weighted by molar-refractivity contribution is 6.13. The Morgan fingerprint density at radius 1 is 1.00 bits per heavy atom. The quantitative estimate of drug-likeness (QED) is 0.479. The normalized spacial score (nSPS) is 10.8. The Morgan fingerprint density at radius 2 is 1.74 bits per heavy atom. The molecule has 0 saturated heterocycles. The summed E-state index contributed by atoms with van der Waals surface area (Å²) in [5, 5.41) is 7.43. The van der Waals surface area contributed by atoms with Crippen molar-refractivity contribution < 1.29 is 18.8 Å². The van der Waals surface area contributed by atoms with Crippen molar-refractivity contribution in [3.05, 3.63) is 76.5 Å². The summed E-state index contributed by atoms with van der Waals surface area (Å²) < 4.78 is 10.1. The molecule has 156 valence electrons. The van der Waals surface area contributed by atoms with E-state index in [-0.39, 0.29) is 5.91 Å². The maximum absolute atomic E-state index is 13.3. The number of anilines is 1. The second-order valence-corrected chi connectivity index (χ2v) is 7.34. The first kappa shape index (κ1) is 20.3. The van der Waals surface area contributed by atoms with Crippen molar-refractivity contribution in [3.63, 3.8) is 0 Å². The monoisotopic (exact) mass is 415 g/mol. The predicted octanol–water partition coefficient (Wildman–Crippen LogP) is 4.85. The van der Waals surface area contributed by atoms with Gasteiger partial charge in [-0.05, 0) is 44.5 Å². The number of carbonyl (C=O) groups excluding carboxylic acids is 2. The molecule has 4 aromatic rings. The molecule has 0 saturated carbocycles. The van der Waals surface area contributed by atoms with Gasteiger partial charge in [-0.1, -0.05) is 41.1 Å². The lowest BCUT2D eigenvalue weighted by molar-refractivity contribution is 0.0600. The Balaban J connectivity index is 1.78. The molecule has 0 radical (unpaired) electrons. The van der Waals surface area contributed by atoms with E-state index in [4.69, 9.17) is 9.26 Å². The molecular formula is C24H21N3O4. The van der Waals surface area contributed by atoms with Gasteiger partial charge in [0.2, 0.25) is 0 Å². The van der Waals surface area contributed by atoms with Crippen LogP contribution in [0.1, 0.15) is 37.5 Å². The van der Waals surface area contributed by atoms with Crippen LogP contribution in [-0.2, 0) is 4.74 Å². The molecule has 4 rings (SSSR count). The third kappa shape index (κ3) is 3.90. The molecule has 1 amide bonds. The topological polar surface area (TPSA) is 94.3 Å². The van der Waals surface area contributed by atoms with Crippen LogP contribution in [0.2, 0.25) is 0 Å². The molecule has 0 spiro atoms. The number of hydrogen-bond acceptors (Lipinski definition) is 6. The van der Waals surface area contributed by atoms with E-state index in [9.17, 15) is 9.59 Å². The van der Waals surface area contributed by atoms with Gasteiger partial charge >= 0.3 is 5.97 Å². The Labute approximate surface area is 179 Å². The smallest absolute Gasteiger partial charge is 0.337 e. The van der Waals surface area contributed by atoms with Gasteiger partial charge in [-0.2, -0.15) is 0 Å². The van der Waals surface area contributed by atoms with Crippen molar-refractivity contribution in [2.75, 3.05) is 12.4 Å². The molecule has 1 N–H and O–H groups in total. The zero-order chi connectivity index (χ0) is 22.1. The summed E-state index contributed by atoms with van der Waals surface area (Å²) in [6.07, 6.45) is 0. The summed E-state index contributed by atoms with van der Waals surface area (Å²) in [5.74, 6) is -0.824. The van der Waals surface area contributed by atoms with Gasteiger partial charge in [-0.15, -0.1) is 0 Å². The van der Waals surface area contributed by atoms with Crippen LogP contribution in [0, 0.1) is 20.8 Å². The van der Waals surface area contributed by atoms with E-state index < -0.39 is 5.97 Å². The standard InChI is InChI=1S/C24H21N3O4/c1-13-5-8-16(9-6-13)20-12-18(21-15(3)27-31-23(21)26-20)22(28)25-19-11-17(24(29)30-4)10-7-14(19)2/h5-12H,1-4H3,(H,25,28). The van der Waals surface area contributed by atoms with Crippen LogP contribution in [0.5, 0.6) is 0 Å². The molecule has 0 atom stereocenters. The lowest BCUT2D eigenvalue weighted by Crippen LogP contribution is -2.15. The van der Waals surface area contributed by atoms with Gasteiger partial charge < -0.3 is 14.6 Å². The average molecular weight is 415 g/mol. The van der Waals surface area contributed by atoms with Crippen molar-refractivity contribution >= 4 is 28.7 Å². The van der Waals surface area contributed by atoms with E-state index in [0.717, 1.165) is 16.7 Å². The van der Waals surface area contributed by atoms with Crippen molar-refractivity contribution in [3.8, 4) is 11.3 Å². The fourth-order valence-electron chi connectivity index (χ4n) is 3.34. The Morgan fingerprint density at radius 3 is 2.45 bits per heavy atom. The number of rotatable bonds is 4. The molecule has 0 unspecified atom stereocenters. The fraction of sp³-hybridized carbons (Fsp3) is 0.167. The molecule has 7 nitrogen and oxygen atoms in total. The van der Waals surface area contributed by atoms with Crippen LogP contribution in [0.3, 0.4) is 0 Å². The number of nitrogens with one attached hydrogen (secondary N) is 1. The number of benzene rings is 2. The molecular weight excluding hydrogens is 394 g/mol. The molecule has 0 aliphatic carbocycles. The van der Waals surface area contributed by atoms with Gasteiger partial charge in [-0.3, -0.25) is 4.79 Å². The van der Waals surface area contributed by atoms with Crippen LogP contribution in [0.4, 0.5) is 5.69 Å². The molecule has 2 aromatic carbocycles. The highest BCUT2D eigenvalue weighted by Gasteiger charge is 2.20. The minimum absolute atomic E-state index is 0.292. The van der Waals surface area contributed by atoms with Crippen LogP contribution in [-0.4, -0.2) is 29.1 Å². The third-order valence-corrected chi connectivity index (χ3v) is 5.12. The minimum Gasteiger partial charge on any atom is -0.465 e. The molecule has 7 heteroatoms. The highest BCUT2D eigenvalue weighted by atomic mass is 16.5. The van der Waals surface area contributed by atoms with Crippen molar-refractivity contribution in [1.29, 1.82) is 0 Å². The molecule has 0 fully saturated rings. The van der Waals surface area contributed by atoms with Gasteiger partial charge in [0.05, 0.1) is 35.0 Å². The van der Waals surface area contributed by atoms with Gasteiger partial charge in [0, 0.05) is 11.3 Å². The number of hydrogen-bond donors (Lipinski definition) is 1. The zero-order valence-electron chi connectivity index (χ0n) is 17.6. The largest absolute Gasteiger partial charge is 0.465 e. The number of aryl methyl sites for hydroxylation is 3. The SMILES string of the molecule is COC(=O)c1ccc(C)c(NC(=O)c2cc(-c3ccc(C)cc3)nc3onc(C)c23)c1. The lowest BCUT2D eigenvalue weighted by Gasteiger charge is -2.11. The summed E-state index contributed by atoms with van der Waals surface area (Å²) in [7, 11) is 1.31. The van der Waals surface area contributed by atoms with Gasteiger partial charge in [0.15, 0.2) is 0 Å². The second-order valence-electron chi connectivity index (χ2n) is 7.34. The van der Waals surface area contributed by atoms with E-state index in [0.29, 0.717) is 39.3 Å². The van der Waals surface area contributed by atoms with E-state index >= 15 is 0 Å². The maximum atomic E-state index is 13.3. The summed E-state index contributed by atoms with van der Waals surface area (Å²) in [5.41, 5.74) is 5.53. The summed E-state index contributed by atoms with van der Waals surface area (Å²) in [6.45, 7) is 5.62. The average Bonchev–Trinajstić information content (AvgIpc) is 3.15. The first-order valence-corrected chi connectivity index (χ1v) is 9.71. The number of aromatic nitrogens is 2. The first-order chi connectivity index (χ1) is 14.9. The maximum Gasteiger partial charge on any atom is 0.337 e. The van der Waals surface area contributed by atoms with Gasteiger partial charge in [0.25, 0.3) is 11.6 Å². The van der Waals surface area contributed by atoms with Crippen molar-refractivity contribution in [2.45, 2.75) is 20.8 Å². The van der Waals surface area contributed by atoms with Crippen LogP contribution in [0.15, 0.2) is 53.1 Å². The Kier molecular flexibility index (Phi) is 5.25. The first-order valence-electron chi connectivity index (χ1n) is 9.71. The Hall–Kier alpha value is -4.00. The van der Waals surface area contributed by atoms with Crippen molar-refractivity contribution in [2.24, 2.45) is 0 Å². The molecule has 31 heavy (non-hydrogen) atoms. The molecule has 2 aromatic heterocycles. The van der Waals surface area contributed by atoms with Gasteiger partial charge in [-0.25, -0.2) is 9.78 Å². The van der Waals surface area contributed by atoms with E-state index in [1.807, 2.05) is 38.1 Å². The molecule has 0 aliphatic heterocycles. The number of amides is 1. The second kappa shape index (κ2) is 8.02. The van der Waals surface area contributed by atoms with E-state index in [2.05, 4.69) is 15.5 Å². The van der Waals surface area contributed by atoms with E-state index in [1.54, 1.807) is 31.2 Å². The zero-order valence-corrected chi connectivity index (χ0v) is 17.6. The van der Waals surface area contributed by atoms with Crippen LogP contribution >= 0.6 is 0 Å². The number of fused-ring (bicyclic) bond motifs is 1. The molecule has 2 heterocycles. The van der Waals surface area contributed by atoms with Crippen molar-refractivity contribution in [1.82, 2.24) is 10.1 Å². The Bertz CT molecular complexity index is 1310. The summed E-state index contributed by atoms with van der Waals surface area (Å²) in [6, 6.07) is 14.6. The number of nitrogens with zero attached hydrogens (tertiary/aromatic N) is 2. The fourth-order valence-corrected chi connectivity index (χ4v) is 3.34. The predicted molar refractivity (Wildman–Crippen MR) is 117 cm³/mol. The summed E-state index contributed by atoms with van der Waals surface area (Å²) >= 11 is 0. The number of pyridine rings is 1. The number of carbonyl (C=O) groups is 2. The van der Waals surface area contributed by atoms with Gasteiger partial charge in [0.1, 0.15) is 0 Å². The minimum atomic E-state index is -0.474. The summed E-state index contributed by atoms with van der Waals surface area (Å²) in [4.78, 5) is 29.7. The number of esters is 1. The highest BCUT2D eigenvalue weighted by Crippen LogP contribution is 2.28. The van der Waals surface area contributed by atoms with Crippen LogP contribution in [0.25, 0.3) is 22.4 Å². The molecule has 0 bridgehead atoms. The molecule has 0 aliphatic rings. The van der Waals surface area contributed by atoms with Crippen LogP contribution < -0.4 is 5.32 Å². The third-order valence-electron chi connectivity index (χ3n) is 5.12. The number of methoxy groups -OCH3 is 1.